The highest BCUT2D eigenvalue weighted by Crippen LogP contribution is 2.38. The molecule has 4 N–H and O–H groups in total. The third kappa shape index (κ3) is 4.10. The molecule has 2 aliphatic heterocycles. The smallest absolute Gasteiger partial charge is 0.253 e. The minimum atomic E-state index is -0.792. The molecule has 1 unspecified atom stereocenters. The highest BCUT2D eigenvalue weighted by molar-refractivity contribution is 5.99. The monoisotopic (exact) mass is 462 g/mol. The van der Waals surface area contributed by atoms with Crippen LogP contribution in [0, 0.1) is 5.95 Å². The number of nitrogens with one attached hydrogen (secondary N) is 4. The quantitative estimate of drug-likeness (QED) is 0.351. The van der Waals surface area contributed by atoms with Crippen molar-refractivity contribution in [3.8, 4) is 22.5 Å². The van der Waals surface area contributed by atoms with E-state index < -0.39 is 11.9 Å². The van der Waals surface area contributed by atoms with Gasteiger partial charge in [-0.15, -0.1) is 0 Å². The van der Waals surface area contributed by atoms with Crippen LogP contribution >= 0.6 is 0 Å². The van der Waals surface area contributed by atoms with Crippen molar-refractivity contribution in [2.75, 3.05) is 25.0 Å². The average molecular weight is 463 g/mol. The van der Waals surface area contributed by atoms with Crippen LogP contribution in [-0.2, 0) is 10.2 Å². The first-order chi connectivity index (χ1) is 16.0. The number of aromatic nitrogens is 3. The Hall–Kier alpha value is -3.85. The summed E-state index contributed by atoms with van der Waals surface area (Å²) in [6.07, 6.45) is 6.11. The number of H-pyrrole nitrogens is 1. The summed E-state index contributed by atoms with van der Waals surface area (Å²) in [5.74, 6) is -1.40. The normalized spacial score (nSPS) is 19.0. The number of hydrogen-bond donors (Lipinski definition) is 4. The van der Waals surface area contributed by atoms with Crippen molar-refractivity contribution in [3.63, 3.8) is 0 Å². The number of rotatable bonds is 4. The Bertz CT molecular complexity index is 1260. The van der Waals surface area contributed by atoms with E-state index in [0.29, 0.717) is 23.4 Å². The summed E-state index contributed by atoms with van der Waals surface area (Å²) in [5, 5.41) is 8.90. The van der Waals surface area contributed by atoms with Crippen molar-refractivity contribution >= 4 is 17.5 Å². The average Bonchev–Trinajstić information content (AvgIpc) is 3.31. The van der Waals surface area contributed by atoms with Crippen LogP contribution in [0.5, 0.6) is 0 Å². The van der Waals surface area contributed by atoms with Gasteiger partial charge in [-0.2, -0.15) is 4.39 Å². The largest absolute Gasteiger partial charge is 0.357 e. The van der Waals surface area contributed by atoms with Gasteiger partial charge >= 0.3 is 0 Å². The lowest BCUT2D eigenvalue weighted by Gasteiger charge is -2.40. The summed E-state index contributed by atoms with van der Waals surface area (Å²) in [6, 6.07) is 7.04. The summed E-state index contributed by atoms with van der Waals surface area (Å²) >= 11 is 0. The highest BCUT2D eigenvalue weighted by atomic mass is 19.1. The molecule has 1 spiro atoms. The molecule has 0 aromatic carbocycles. The molecule has 2 amide bonds. The van der Waals surface area contributed by atoms with Gasteiger partial charge in [-0.25, -0.2) is 4.98 Å². The van der Waals surface area contributed by atoms with Gasteiger partial charge in [0.05, 0.1) is 16.9 Å². The van der Waals surface area contributed by atoms with Crippen molar-refractivity contribution in [1.29, 1.82) is 0 Å². The van der Waals surface area contributed by atoms with Gasteiger partial charge < -0.3 is 20.9 Å². The molecule has 2 aliphatic rings. The molecule has 34 heavy (non-hydrogen) atoms. The third-order valence-corrected chi connectivity index (χ3v) is 6.30. The molecule has 8 nitrogen and oxygen atoms in total. The van der Waals surface area contributed by atoms with Crippen molar-refractivity contribution in [2.24, 2.45) is 0 Å². The number of pyridine rings is 2. The summed E-state index contributed by atoms with van der Waals surface area (Å²) in [5.41, 5.74) is 4.17. The fourth-order valence-electron chi connectivity index (χ4n) is 4.59. The van der Waals surface area contributed by atoms with Crippen LogP contribution in [0.15, 0.2) is 49.3 Å². The molecule has 5 rings (SSSR count). The van der Waals surface area contributed by atoms with E-state index in [9.17, 15) is 14.0 Å². The van der Waals surface area contributed by atoms with Crippen LogP contribution in [0.25, 0.3) is 22.5 Å². The standard InChI is InChI=1S/C24H23FN6O2.CH4/c1-2-20(32)30-19-9-15(11-28-22(19)25)17-8-14(4-7-27-17)18-10-16-21(31-18)24(13-29-23(16)33)5-3-6-26-12-24;/h2,4,7-11,26,31H,1,3,5-6,12-13H2,(H,29,33)(H,30,32);1H4. The predicted octanol–water partition coefficient (Wildman–Crippen LogP) is 3.40. The molecule has 1 fully saturated rings. The maximum absolute atomic E-state index is 14.0. The van der Waals surface area contributed by atoms with Crippen molar-refractivity contribution in [2.45, 2.75) is 25.7 Å². The summed E-state index contributed by atoms with van der Waals surface area (Å²) in [4.78, 5) is 35.8. The van der Waals surface area contributed by atoms with Crippen LogP contribution in [0.3, 0.4) is 0 Å². The van der Waals surface area contributed by atoms with E-state index >= 15 is 0 Å². The SMILES string of the molecule is C.C=CC(=O)Nc1cc(-c2cc(-c3cc4c([nH]3)C3(CCCNC3)CNC4=O)ccn2)cnc1F. The van der Waals surface area contributed by atoms with E-state index in [1.54, 1.807) is 6.20 Å². The lowest BCUT2D eigenvalue weighted by molar-refractivity contribution is -0.111. The van der Waals surface area contributed by atoms with E-state index in [0.717, 1.165) is 49.0 Å². The number of nitrogens with zero attached hydrogens (tertiary/aromatic N) is 2. The summed E-state index contributed by atoms with van der Waals surface area (Å²) in [6.45, 7) is 5.77. The van der Waals surface area contributed by atoms with Crippen LogP contribution in [0.2, 0.25) is 0 Å². The Morgan fingerprint density at radius 2 is 2.06 bits per heavy atom. The van der Waals surface area contributed by atoms with E-state index in [1.807, 2.05) is 18.2 Å². The number of amides is 2. The number of piperidine rings is 1. The van der Waals surface area contributed by atoms with Gasteiger partial charge in [0.15, 0.2) is 0 Å². The molecule has 0 bridgehead atoms. The summed E-state index contributed by atoms with van der Waals surface area (Å²) in [7, 11) is 0. The fraction of sp³-hybridized carbons (Fsp3) is 0.280. The molecular formula is C25H27FN6O2. The first-order valence-electron chi connectivity index (χ1n) is 10.8. The molecule has 0 aliphatic carbocycles. The molecule has 1 saturated heterocycles. The minimum Gasteiger partial charge on any atom is -0.357 e. The van der Waals surface area contributed by atoms with Crippen LogP contribution < -0.4 is 16.0 Å². The molecule has 0 saturated carbocycles. The van der Waals surface area contributed by atoms with Crippen LogP contribution in [-0.4, -0.2) is 46.4 Å². The Balaban J connectivity index is 0.00000274. The first-order valence-corrected chi connectivity index (χ1v) is 10.8. The third-order valence-electron chi connectivity index (χ3n) is 6.30. The second-order valence-electron chi connectivity index (χ2n) is 8.40. The minimum absolute atomic E-state index is 0. The topological polar surface area (TPSA) is 112 Å². The second kappa shape index (κ2) is 9.18. The van der Waals surface area contributed by atoms with Crippen molar-refractivity contribution in [3.05, 3.63) is 66.5 Å². The van der Waals surface area contributed by atoms with E-state index in [1.165, 1.54) is 12.3 Å². The Morgan fingerprint density at radius 3 is 2.82 bits per heavy atom. The molecular weight excluding hydrogens is 435 g/mol. The van der Waals surface area contributed by atoms with E-state index in [-0.39, 0.29) is 24.4 Å². The number of halogens is 1. The van der Waals surface area contributed by atoms with Crippen molar-refractivity contribution < 1.29 is 14.0 Å². The second-order valence-corrected chi connectivity index (χ2v) is 8.40. The highest BCUT2D eigenvalue weighted by Gasteiger charge is 2.42. The number of hydrogen-bond acceptors (Lipinski definition) is 5. The van der Waals surface area contributed by atoms with Gasteiger partial charge in [-0.1, -0.05) is 14.0 Å². The molecule has 0 radical (unpaired) electrons. The molecule has 9 heteroatoms. The predicted molar refractivity (Wildman–Crippen MR) is 129 cm³/mol. The lowest BCUT2D eigenvalue weighted by atomic mass is 9.74. The van der Waals surface area contributed by atoms with Gasteiger partial charge in [0, 0.05) is 53.4 Å². The zero-order valence-corrected chi connectivity index (χ0v) is 17.9. The molecule has 3 aromatic heterocycles. The van der Waals surface area contributed by atoms with Gasteiger partial charge in [-0.3, -0.25) is 14.6 Å². The van der Waals surface area contributed by atoms with Crippen LogP contribution in [0.4, 0.5) is 10.1 Å². The van der Waals surface area contributed by atoms with Gasteiger partial charge in [0.2, 0.25) is 11.9 Å². The Kier molecular flexibility index (Phi) is 6.30. The number of carbonyl (C=O) groups excluding carboxylic acids is 2. The molecule has 176 valence electrons. The number of fused-ring (bicyclic) bond motifs is 2. The van der Waals surface area contributed by atoms with Gasteiger partial charge in [-0.05, 0) is 49.7 Å². The zero-order valence-electron chi connectivity index (χ0n) is 17.9. The molecule has 1 atom stereocenters. The number of aromatic amines is 1. The fourth-order valence-corrected chi connectivity index (χ4v) is 4.59. The summed E-state index contributed by atoms with van der Waals surface area (Å²) < 4.78 is 14.0. The van der Waals surface area contributed by atoms with E-state index in [4.69, 9.17) is 0 Å². The Labute approximate surface area is 197 Å². The molecule has 5 heterocycles. The van der Waals surface area contributed by atoms with Gasteiger partial charge in [0.25, 0.3) is 5.91 Å². The maximum atomic E-state index is 14.0. The first kappa shape index (κ1) is 23.3. The number of anilines is 1. The van der Waals surface area contributed by atoms with Gasteiger partial charge in [0.1, 0.15) is 0 Å². The maximum Gasteiger partial charge on any atom is 0.253 e. The van der Waals surface area contributed by atoms with Crippen molar-refractivity contribution in [1.82, 2.24) is 25.6 Å². The molecule has 3 aromatic rings. The zero-order chi connectivity index (χ0) is 23.0. The Morgan fingerprint density at radius 1 is 1.21 bits per heavy atom. The van der Waals surface area contributed by atoms with Crippen LogP contribution in [0.1, 0.15) is 36.3 Å². The lowest BCUT2D eigenvalue weighted by Crippen LogP contribution is -2.54. The number of carbonyl (C=O) groups is 2. The van der Waals surface area contributed by atoms with E-state index in [2.05, 4.69) is 37.5 Å².